The number of aliphatic carboxylic acids is 1. The van der Waals surface area contributed by atoms with Crippen LogP contribution in [0.1, 0.15) is 5.56 Å². The van der Waals surface area contributed by atoms with Crippen molar-refractivity contribution >= 4 is 17.6 Å². The Hall–Kier alpha value is -1.13. The molecule has 1 aromatic carbocycles. The lowest BCUT2D eigenvalue weighted by Crippen LogP contribution is -2.32. The molecule has 1 rings (SSSR count). The molecular formula is C9H9ClFNO2. The fourth-order valence-electron chi connectivity index (χ4n) is 1.01. The van der Waals surface area contributed by atoms with Gasteiger partial charge in [-0.1, -0.05) is 17.7 Å². The summed E-state index contributed by atoms with van der Waals surface area (Å²) in [5, 5.41) is 8.79. The normalized spacial score (nSPS) is 12.5. The lowest BCUT2D eigenvalue weighted by Gasteiger charge is -2.07. The van der Waals surface area contributed by atoms with E-state index in [9.17, 15) is 9.18 Å². The molecule has 1 atom stereocenters. The molecule has 0 amide bonds. The highest BCUT2D eigenvalue weighted by atomic mass is 35.5. The zero-order chi connectivity index (χ0) is 10.7. The van der Waals surface area contributed by atoms with Gasteiger partial charge in [0, 0.05) is 11.4 Å². The summed E-state index contributed by atoms with van der Waals surface area (Å²) in [5.41, 5.74) is 5.51. The van der Waals surface area contributed by atoms with Crippen molar-refractivity contribution in [3.63, 3.8) is 0 Å². The van der Waals surface area contributed by atoms with Crippen molar-refractivity contribution in [1.29, 1.82) is 0 Å². The summed E-state index contributed by atoms with van der Waals surface area (Å²) in [4.78, 5) is 10.4. The average molecular weight is 218 g/mol. The molecule has 0 radical (unpaired) electrons. The van der Waals surface area contributed by atoms with Crippen LogP contribution in [0.25, 0.3) is 0 Å². The van der Waals surface area contributed by atoms with Crippen LogP contribution in [0.2, 0.25) is 5.02 Å². The van der Waals surface area contributed by atoms with Gasteiger partial charge in [-0.2, -0.15) is 0 Å². The summed E-state index contributed by atoms with van der Waals surface area (Å²) in [6, 6.07) is 2.96. The van der Waals surface area contributed by atoms with Gasteiger partial charge >= 0.3 is 5.97 Å². The molecule has 14 heavy (non-hydrogen) atoms. The number of carboxylic acids is 1. The minimum Gasteiger partial charge on any atom is -0.480 e. The Balaban J connectivity index is 2.82. The van der Waals surface area contributed by atoms with Gasteiger partial charge in [0.1, 0.15) is 11.9 Å². The number of hydrogen-bond donors (Lipinski definition) is 2. The highest BCUT2D eigenvalue weighted by Crippen LogP contribution is 2.15. The van der Waals surface area contributed by atoms with Crippen molar-refractivity contribution in [2.75, 3.05) is 0 Å². The van der Waals surface area contributed by atoms with Gasteiger partial charge in [0.2, 0.25) is 0 Å². The van der Waals surface area contributed by atoms with E-state index in [4.69, 9.17) is 22.4 Å². The predicted molar refractivity (Wildman–Crippen MR) is 50.7 cm³/mol. The summed E-state index contributed by atoms with van der Waals surface area (Å²) >= 11 is 5.53. The van der Waals surface area contributed by atoms with E-state index in [1.807, 2.05) is 0 Å². The van der Waals surface area contributed by atoms with E-state index in [0.29, 0.717) is 0 Å². The van der Waals surface area contributed by atoms with E-state index < -0.39 is 17.8 Å². The van der Waals surface area contributed by atoms with Crippen molar-refractivity contribution < 1.29 is 14.3 Å². The second-order valence-corrected chi connectivity index (χ2v) is 3.32. The molecule has 5 heteroatoms. The summed E-state index contributed by atoms with van der Waals surface area (Å²) in [6.07, 6.45) is -0.0433. The van der Waals surface area contributed by atoms with Crippen LogP contribution in [0, 0.1) is 5.82 Å². The minimum absolute atomic E-state index is 0.0433. The number of carbonyl (C=O) groups is 1. The molecule has 76 valence electrons. The average Bonchev–Trinajstić information content (AvgIpc) is 2.09. The minimum atomic E-state index is -1.15. The van der Waals surface area contributed by atoms with Gasteiger partial charge in [0.15, 0.2) is 0 Å². The first-order valence-corrected chi connectivity index (χ1v) is 4.31. The van der Waals surface area contributed by atoms with Crippen LogP contribution >= 0.6 is 11.6 Å². The zero-order valence-corrected chi connectivity index (χ0v) is 7.96. The first-order chi connectivity index (χ1) is 6.50. The SMILES string of the molecule is N[C@H](Cc1ccc(Cl)cc1F)C(=O)O. The Morgan fingerprint density at radius 2 is 2.29 bits per heavy atom. The maximum atomic E-state index is 13.1. The molecule has 0 saturated carbocycles. The Morgan fingerprint density at radius 3 is 2.79 bits per heavy atom. The van der Waals surface area contributed by atoms with E-state index in [1.165, 1.54) is 12.1 Å². The van der Waals surface area contributed by atoms with Gasteiger partial charge in [0.05, 0.1) is 0 Å². The molecule has 0 unspecified atom stereocenters. The molecular weight excluding hydrogens is 209 g/mol. The van der Waals surface area contributed by atoms with Crippen LogP contribution in [0.4, 0.5) is 4.39 Å². The van der Waals surface area contributed by atoms with E-state index >= 15 is 0 Å². The highest BCUT2D eigenvalue weighted by molar-refractivity contribution is 6.30. The van der Waals surface area contributed by atoms with Crippen molar-refractivity contribution in [2.45, 2.75) is 12.5 Å². The van der Waals surface area contributed by atoms with Crippen LogP contribution in [0.5, 0.6) is 0 Å². The number of halogens is 2. The number of nitrogens with two attached hydrogens (primary N) is 1. The van der Waals surface area contributed by atoms with E-state index in [1.54, 1.807) is 0 Å². The maximum absolute atomic E-state index is 13.1. The Labute approximate surface area is 85.3 Å². The molecule has 0 aliphatic carbocycles. The molecule has 3 nitrogen and oxygen atoms in total. The highest BCUT2D eigenvalue weighted by Gasteiger charge is 2.14. The van der Waals surface area contributed by atoms with Crippen molar-refractivity contribution in [3.05, 3.63) is 34.6 Å². The fourth-order valence-corrected chi connectivity index (χ4v) is 1.17. The smallest absolute Gasteiger partial charge is 0.320 e. The second kappa shape index (κ2) is 4.39. The van der Waals surface area contributed by atoms with E-state index in [2.05, 4.69) is 0 Å². The molecule has 0 saturated heterocycles. The molecule has 0 aliphatic rings. The molecule has 0 aromatic heterocycles. The molecule has 0 fully saturated rings. The lowest BCUT2D eigenvalue weighted by atomic mass is 10.1. The number of rotatable bonds is 3. The van der Waals surface area contributed by atoms with Gasteiger partial charge < -0.3 is 10.8 Å². The second-order valence-electron chi connectivity index (χ2n) is 2.88. The van der Waals surface area contributed by atoms with Gasteiger partial charge in [-0.05, 0) is 17.7 Å². The quantitative estimate of drug-likeness (QED) is 0.805. The zero-order valence-electron chi connectivity index (χ0n) is 7.21. The van der Waals surface area contributed by atoms with Gasteiger partial charge in [-0.15, -0.1) is 0 Å². The lowest BCUT2D eigenvalue weighted by molar-refractivity contribution is -0.138. The summed E-state index contributed by atoms with van der Waals surface area (Å²) in [5.74, 6) is -1.69. The van der Waals surface area contributed by atoms with Gasteiger partial charge in [-0.3, -0.25) is 4.79 Å². The van der Waals surface area contributed by atoms with Crippen LogP contribution in [-0.2, 0) is 11.2 Å². The third-order valence-electron chi connectivity index (χ3n) is 1.77. The fraction of sp³-hybridized carbons (Fsp3) is 0.222. The topological polar surface area (TPSA) is 63.3 Å². The summed E-state index contributed by atoms with van der Waals surface area (Å²) in [6.45, 7) is 0. The first-order valence-electron chi connectivity index (χ1n) is 3.93. The molecule has 0 aliphatic heterocycles. The Morgan fingerprint density at radius 1 is 1.64 bits per heavy atom. The summed E-state index contributed by atoms with van der Waals surface area (Å²) in [7, 11) is 0. The summed E-state index contributed by atoms with van der Waals surface area (Å²) < 4.78 is 13.1. The van der Waals surface area contributed by atoms with Crippen LogP contribution in [0.3, 0.4) is 0 Å². The van der Waals surface area contributed by atoms with Gasteiger partial charge in [0.25, 0.3) is 0 Å². The first kappa shape index (κ1) is 10.9. The van der Waals surface area contributed by atoms with Crippen molar-refractivity contribution in [3.8, 4) is 0 Å². The Kier molecular flexibility index (Phi) is 3.43. The van der Waals surface area contributed by atoms with Crippen LogP contribution in [0.15, 0.2) is 18.2 Å². The van der Waals surface area contributed by atoms with Crippen LogP contribution < -0.4 is 5.73 Å². The molecule has 3 N–H and O–H groups in total. The largest absolute Gasteiger partial charge is 0.480 e. The molecule has 0 bridgehead atoms. The predicted octanol–water partition coefficient (Wildman–Crippen LogP) is 1.43. The molecule has 0 spiro atoms. The standard InChI is InChI=1S/C9H9ClFNO2/c10-6-2-1-5(7(11)4-6)3-8(12)9(13)14/h1-2,4,8H,3,12H2,(H,13,14)/t8-/m1/s1. The monoisotopic (exact) mass is 217 g/mol. The van der Waals surface area contributed by atoms with E-state index in [0.717, 1.165) is 6.07 Å². The Bertz CT molecular complexity index is 357. The third kappa shape index (κ3) is 2.68. The van der Waals surface area contributed by atoms with Gasteiger partial charge in [-0.25, -0.2) is 4.39 Å². The maximum Gasteiger partial charge on any atom is 0.320 e. The van der Waals surface area contributed by atoms with Crippen molar-refractivity contribution in [1.82, 2.24) is 0 Å². The molecule has 1 aromatic rings. The van der Waals surface area contributed by atoms with Crippen LogP contribution in [-0.4, -0.2) is 17.1 Å². The number of carboxylic acid groups (broad SMARTS) is 1. The van der Waals surface area contributed by atoms with E-state index in [-0.39, 0.29) is 17.0 Å². The number of benzene rings is 1. The molecule has 0 heterocycles. The number of hydrogen-bond acceptors (Lipinski definition) is 2. The van der Waals surface area contributed by atoms with Crippen molar-refractivity contribution in [2.24, 2.45) is 5.73 Å². The third-order valence-corrected chi connectivity index (χ3v) is 2.01.